The van der Waals surface area contributed by atoms with Gasteiger partial charge in [-0.15, -0.1) is 0 Å². The van der Waals surface area contributed by atoms with Crippen LogP contribution < -0.4 is 0 Å². The normalized spacial score (nSPS) is 10.2. The molecule has 0 aromatic carbocycles. The van der Waals surface area contributed by atoms with Crippen LogP contribution >= 0.6 is 0 Å². The fraction of sp³-hybridized carbons (Fsp3) is 0.111. The monoisotopic (exact) mass is 177 g/mol. The summed E-state index contributed by atoms with van der Waals surface area (Å²) in [4.78, 5) is 10.8. The first-order valence-corrected chi connectivity index (χ1v) is 3.92. The van der Waals surface area contributed by atoms with Gasteiger partial charge in [0, 0.05) is 24.0 Å². The van der Waals surface area contributed by atoms with Crippen LogP contribution in [0.4, 0.5) is 4.39 Å². The Balaban J connectivity index is 2.15. The third kappa shape index (κ3) is 1.90. The standard InChI is InChI=1S/C9H8FN3/c10-7-1-2-8(12-4-7)3-9-5-11-6-13-9/h1-2,4-6H,3H2,(H,11,13). The Kier molecular flexibility index (Phi) is 2.04. The molecule has 0 saturated carbocycles. The van der Waals surface area contributed by atoms with Crippen LogP contribution in [0.1, 0.15) is 11.4 Å². The maximum Gasteiger partial charge on any atom is 0.141 e. The van der Waals surface area contributed by atoms with Crippen molar-refractivity contribution in [3.8, 4) is 0 Å². The van der Waals surface area contributed by atoms with Gasteiger partial charge in [-0.05, 0) is 12.1 Å². The zero-order valence-corrected chi connectivity index (χ0v) is 6.87. The minimum absolute atomic E-state index is 0.312. The molecule has 4 heteroatoms. The topological polar surface area (TPSA) is 41.6 Å². The summed E-state index contributed by atoms with van der Waals surface area (Å²) in [6.07, 6.45) is 5.20. The lowest BCUT2D eigenvalue weighted by atomic mass is 10.2. The predicted molar refractivity (Wildman–Crippen MR) is 45.6 cm³/mol. The second kappa shape index (κ2) is 3.35. The highest BCUT2D eigenvalue weighted by Crippen LogP contribution is 2.03. The van der Waals surface area contributed by atoms with Gasteiger partial charge < -0.3 is 4.98 Å². The molecule has 1 N–H and O–H groups in total. The van der Waals surface area contributed by atoms with Crippen molar-refractivity contribution < 1.29 is 4.39 Å². The van der Waals surface area contributed by atoms with Crippen molar-refractivity contribution in [3.63, 3.8) is 0 Å². The molecule has 3 nitrogen and oxygen atoms in total. The van der Waals surface area contributed by atoms with Gasteiger partial charge in [0.1, 0.15) is 5.82 Å². The van der Waals surface area contributed by atoms with Gasteiger partial charge >= 0.3 is 0 Å². The van der Waals surface area contributed by atoms with Crippen LogP contribution in [-0.2, 0) is 6.42 Å². The first kappa shape index (κ1) is 7.91. The Bertz CT molecular complexity index is 366. The summed E-state index contributed by atoms with van der Waals surface area (Å²) in [5, 5.41) is 0. The van der Waals surface area contributed by atoms with Gasteiger partial charge in [-0.3, -0.25) is 4.98 Å². The summed E-state index contributed by atoms with van der Waals surface area (Å²) in [6, 6.07) is 3.06. The van der Waals surface area contributed by atoms with Gasteiger partial charge in [-0.2, -0.15) is 0 Å². The molecule has 13 heavy (non-hydrogen) atoms. The second-order valence-electron chi connectivity index (χ2n) is 2.72. The van der Waals surface area contributed by atoms with Crippen LogP contribution in [-0.4, -0.2) is 15.0 Å². The molecule has 0 spiro atoms. The lowest BCUT2D eigenvalue weighted by molar-refractivity contribution is 0.619. The Labute approximate surface area is 74.7 Å². The van der Waals surface area contributed by atoms with E-state index in [4.69, 9.17) is 0 Å². The number of aromatic nitrogens is 3. The molecule has 0 bridgehead atoms. The smallest absolute Gasteiger partial charge is 0.141 e. The largest absolute Gasteiger partial charge is 0.348 e. The molecule has 2 rings (SSSR count). The fourth-order valence-electron chi connectivity index (χ4n) is 1.09. The van der Waals surface area contributed by atoms with Crippen molar-refractivity contribution in [2.75, 3.05) is 0 Å². The molecule has 0 fully saturated rings. The van der Waals surface area contributed by atoms with E-state index >= 15 is 0 Å². The van der Waals surface area contributed by atoms with Crippen molar-refractivity contribution in [2.24, 2.45) is 0 Å². The SMILES string of the molecule is Fc1ccc(Cc2cnc[nH]2)nc1. The summed E-state index contributed by atoms with van der Waals surface area (Å²) in [6.45, 7) is 0. The highest BCUT2D eigenvalue weighted by Gasteiger charge is 1.98. The average molecular weight is 177 g/mol. The Morgan fingerprint density at radius 1 is 1.31 bits per heavy atom. The summed E-state index contributed by atoms with van der Waals surface area (Å²) in [7, 11) is 0. The van der Waals surface area contributed by atoms with Crippen molar-refractivity contribution in [1.29, 1.82) is 0 Å². The van der Waals surface area contributed by atoms with Crippen molar-refractivity contribution in [1.82, 2.24) is 15.0 Å². The summed E-state index contributed by atoms with van der Waals surface area (Å²) >= 11 is 0. The van der Waals surface area contributed by atoms with Crippen molar-refractivity contribution in [3.05, 3.63) is 48.1 Å². The van der Waals surface area contributed by atoms with Gasteiger partial charge in [0.05, 0.1) is 12.5 Å². The first-order chi connectivity index (χ1) is 6.34. The molecule has 0 aliphatic carbocycles. The summed E-state index contributed by atoms with van der Waals surface area (Å²) in [5.41, 5.74) is 1.80. The van der Waals surface area contributed by atoms with Crippen molar-refractivity contribution >= 4 is 0 Å². The second-order valence-corrected chi connectivity index (χ2v) is 2.72. The van der Waals surface area contributed by atoms with Gasteiger partial charge in [-0.25, -0.2) is 9.37 Å². The van der Waals surface area contributed by atoms with E-state index in [1.165, 1.54) is 12.3 Å². The summed E-state index contributed by atoms with van der Waals surface area (Å²) in [5.74, 6) is -0.312. The molecular weight excluding hydrogens is 169 g/mol. The van der Waals surface area contributed by atoms with Crippen LogP contribution in [0.3, 0.4) is 0 Å². The molecule has 0 aliphatic rings. The summed E-state index contributed by atoms with van der Waals surface area (Å²) < 4.78 is 12.5. The van der Waals surface area contributed by atoms with Gasteiger partial charge in [-0.1, -0.05) is 0 Å². The number of nitrogens with zero attached hydrogens (tertiary/aromatic N) is 2. The van der Waals surface area contributed by atoms with E-state index in [1.807, 2.05) is 0 Å². The molecule has 0 unspecified atom stereocenters. The van der Waals surface area contributed by atoms with Crippen LogP contribution in [0.5, 0.6) is 0 Å². The molecule has 0 atom stereocenters. The minimum atomic E-state index is -0.312. The van der Waals surface area contributed by atoms with E-state index in [9.17, 15) is 4.39 Å². The number of halogens is 1. The zero-order chi connectivity index (χ0) is 9.10. The molecule has 2 aromatic rings. The maximum atomic E-state index is 12.5. The molecule has 66 valence electrons. The third-order valence-corrected chi connectivity index (χ3v) is 1.72. The maximum absolute atomic E-state index is 12.5. The zero-order valence-electron chi connectivity index (χ0n) is 6.87. The number of pyridine rings is 1. The van der Waals surface area contributed by atoms with Crippen molar-refractivity contribution in [2.45, 2.75) is 6.42 Å². The highest BCUT2D eigenvalue weighted by molar-refractivity contribution is 5.12. The average Bonchev–Trinajstić information content (AvgIpc) is 2.62. The van der Waals surface area contributed by atoms with Crippen LogP contribution in [0, 0.1) is 5.82 Å². The Morgan fingerprint density at radius 3 is 2.85 bits per heavy atom. The van der Waals surface area contributed by atoms with E-state index in [1.54, 1.807) is 18.6 Å². The van der Waals surface area contributed by atoms with Crippen LogP contribution in [0.2, 0.25) is 0 Å². The number of hydrogen-bond acceptors (Lipinski definition) is 2. The first-order valence-electron chi connectivity index (χ1n) is 3.92. The van der Waals surface area contributed by atoms with Crippen LogP contribution in [0.25, 0.3) is 0 Å². The number of hydrogen-bond donors (Lipinski definition) is 1. The Hall–Kier alpha value is -1.71. The number of nitrogens with one attached hydrogen (secondary N) is 1. The Morgan fingerprint density at radius 2 is 2.23 bits per heavy atom. The quantitative estimate of drug-likeness (QED) is 0.755. The number of rotatable bonds is 2. The van der Waals surface area contributed by atoms with Gasteiger partial charge in [0.15, 0.2) is 0 Å². The van der Waals surface area contributed by atoms with Crippen LogP contribution in [0.15, 0.2) is 30.9 Å². The fourth-order valence-corrected chi connectivity index (χ4v) is 1.09. The van der Waals surface area contributed by atoms with E-state index in [2.05, 4.69) is 15.0 Å². The molecular formula is C9H8FN3. The minimum Gasteiger partial charge on any atom is -0.348 e. The van der Waals surface area contributed by atoms with E-state index in [0.717, 1.165) is 11.4 Å². The number of imidazole rings is 1. The molecule has 0 amide bonds. The number of H-pyrrole nitrogens is 1. The van der Waals surface area contributed by atoms with Gasteiger partial charge in [0.2, 0.25) is 0 Å². The molecule has 0 saturated heterocycles. The van der Waals surface area contributed by atoms with E-state index < -0.39 is 0 Å². The van der Waals surface area contributed by atoms with Gasteiger partial charge in [0.25, 0.3) is 0 Å². The molecule has 2 aromatic heterocycles. The highest BCUT2D eigenvalue weighted by atomic mass is 19.1. The lowest BCUT2D eigenvalue weighted by Gasteiger charge is -1.96. The molecule has 2 heterocycles. The third-order valence-electron chi connectivity index (χ3n) is 1.72. The lowest BCUT2D eigenvalue weighted by Crippen LogP contribution is -1.92. The molecule has 0 aliphatic heterocycles. The number of aromatic amines is 1. The van der Waals surface area contributed by atoms with E-state index in [-0.39, 0.29) is 5.82 Å². The molecule has 0 radical (unpaired) electrons. The van der Waals surface area contributed by atoms with E-state index in [0.29, 0.717) is 6.42 Å². The predicted octanol–water partition coefficient (Wildman–Crippen LogP) is 1.53.